The first kappa shape index (κ1) is 21.2. The Hall–Kier alpha value is -2.53. The van der Waals surface area contributed by atoms with Gasteiger partial charge in [0.05, 0.1) is 5.41 Å². The molecule has 29 heavy (non-hydrogen) atoms. The van der Waals surface area contributed by atoms with Crippen molar-refractivity contribution < 1.29 is 14.7 Å². The molecular formula is C24H27NO3S. The smallest absolute Gasteiger partial charge is 0.314 e. The third-order valence-electron chi connectivity index (χ3n) is 6.13. The summed E-state index contributed by atoms with van der Waals surface area (Å²) in [5, 5.41) is 10.0. The maximum Gasteiger partial charge on any atom is 0.314 e. The topological polar surface area (TPSA) is 57.6 Å². The molecule has 2 aromatic rings. The average Bonchev–Trinajstić information content (AvgIpc) is 2.77. The number of benzene rings is 2. The van der Waals surface area contributed by atoms with Gasteiger partial charge in [-0.15, -0.1) is 0 Å². The van der Waals surface area contributed by atoms with Crippen molar-refractivity contribution in [1.29, 1.82) is 0 Å². The van der Waals surface area contributed by atoms with E-state index in [0.29, 0.717) is 42.8 Å². The second kappa shape index (κ2) is 9.31. The Morgan fingerprint density at radius 3 is 2.14 bits per heavy atom. The van der Waals surface area contributed by atoms with Gasteiger partial charge in [-0.3, -0.25) is 9.59 Å². The minimum Gasteiger partial charge on any atom is -0.481 e. The van der Waals surface area contributed by atoms with Crippen LogP contribution in [0, 0.1) is 11.3 Å². The van der Waals surface area contributed by atoms with Gasteiger partial charge in [-0.1, -0.05) is 60.7 Å². The summed E-state index contributed by atoms with van der Waals surface area (Å²) in [6, 6.07) is 19.2. The number of hydrogen-bond donors (Lipinski definition) is 1. The summed E-state index contributed by atoms with van der Waals surface area (Å²) in [5.74, 6) is -0.917. The first-order valence-electron chi connectivity index (χ1n) is 10.1. The Labute approximate surface area is 177 Å². The highest BCUT2D eigenvalue weighted by molar-refractivity contribution is 7.80. The molecule has 0 radical (unpaired) electrons. The van der Waals surface area contributed by atoms with E-state index >= 15 is 0 Å². The maximum absolute atomic E-state index is 12.7. The van der Waals surface area contributed by atoms with Crippen LogP contribution in [0.3, 0.4) is 0 Å². The fraction of sp³-hybridized carbons (Fsp3) is 0.375. The Balaban J connectivity index is 1.64. The van der Waals surface area contributed by atoms with Crippen LogP contribution in [0.4, 0.5) is 0 Å². The number of rotatable bonds is 7. The molecule has 0 aromatic heterocycles. The summed E-state index contributed by atoms with van der Waals surface area (Å²) in [4.78, 5) is 27.3. The van der Waals surface area contributed by atoms with E-state index in [-0.39, 0.29) is 11.8 Å². The van der Waals surface area contributed by atoms with E-state index in [1.54, 1.807) is 6.92 Å². The molecular weight excluding hydrogens is 382 g/mol. The van der Waals surface area contributed by atoms with Gasteiger partial charge in [0.25, 0.3) is 5.91 Å². The van der Waals surface area contributed by atoms with Crippen LogP contribution in [0.15, 0.2) is 60.7 Å². The average molecular weight is 410 g/mol. The van der Waals surface area contributed by atoms with Crippen molar-refractivity contribution >= 4 is 29.0 Å². The lowest BCUT2D eigenvalue weighted by molar-refractivity contribution is -0.147. The normalized spacial score (nSPS) is 16.8. The van der Waals surface area contributed by atoms with Crippen LogP contribution in [0.1, 0.15) is 42.1 Å². The molecule has 1 aliphatic rings. The van der Waals surface area contributed by atoms with Crippen molar-refractivity contribution in [2.75, 3.05) is 13.1 Å². The summed E-state index contributed by atoms with van der Waals surface area (Å²) >= 11 is 5.64. The van der Waals surface area contributed by atoms with Crippen molar-refractivity contribution in [3.8, 4) is 0 Å². The summed E-state index contributed by atoms with van der Waals surface area (Å²) in [6.07, 6.45) is 2.61. The lowest BCUT2D eigenvalue weighted by atomic mass is 9.69. The summed E-state index contributed by atoms with van der Waals surface area (Å²) in [7, 11) is 0. The number of piperidine rings is 1. The van der Waals surface area contributed by atoms with Crippen LogP contribution in [-0.4, -0.2) is 39.8 Å². The maximum atomic E-state index is 12.7. The van der Waals surface area contributed by atoms with Gasteiger partial charge in [0, 0.05) is 23.5 Å². The molecule has 1 saturated heterocycles. The van der Waals surface area contributed by atoms with E-state index in [4.69, 9.17) is 12.2 Å². The number of thiocarbonyl (C=S) groups is 1. The van der Waals surface area contributed by atoms with Crippen LogP contribution in [0.5, 0.6) is 0 Å². The molecule has 1 fully saturated rings. The molecule has 0 spiro atoms. The lowest BCUT2D eigenvalue weighted by Gasteiger charge is -2.40. The van der Waals surface area contributed by atoms with E-state index in [2.05, 4.69) is 0 Å². The Morgan fingerprint density at radius 1 is 1.03 bits per heavy atom. The highest BCUT2D eigenvalue weighted by atomic mass is 32.1. The molecule has 1 amide bonds. The zero-order valence-electron chi connectivity index (χ0n) is 16.7. The van der Waals surface area contributed by atoms with Gasteiger partial charge in [-0.25, -0.2) is 0 Å². The number of amides is 1. The predicted octanol–water partition coefficient (Wildman–Crippen LogP) is 4.63. The van der Waals surface area contributed by atoms with Crippen molar-refractivity contribution in [3.05, 3.63) is 71.8 Å². The third kappa shape index (κ3) is 4.73. The molecule has 0 bridgehead atoms. The number of carbonyl (C=O) groups excluding carboxylic acids is 1. The third-order valence-corrected chi connectivity index (χ3v) is 6.75. The fourth-order valence-electron chi connectivity index (χ4n) is 4.11. The van der Waals surface area contributed by atoms with Crippen LogP contribution in [0.25, 0.3) is 0 Å². The van der Waals surface area contributed by atoms with Crippen molar-refractivity contribution in [2.24, 2.45) is 11.3 Å². The number of likely N-dealkylation sites (tertiary alicyclic amines) is 1. The van der Waals surface area contributed by atoms with Crippen LogP contribution in [0.2, 0.25) is 0 Å². The van der Waals surface area contributed by atoms with Gasteiger partial charge >= 0.3 is 5.97 Å². The SMILES string of the molecule is CC(C(=O)O)(C(=S)CCc1ccccc1)C1CCN(C(=O)c2ccccc2)CC1. The molecule has 1 heterocycles. The monoisotopic (exact) mass is 409 g/mol. The lowest BCUT2D eigenvalue weighted by Crippen LogP contribution is -2.48. The number of carboxylic acids is 1. The second-order valence-corrected chi connectivity index (χ2v) is 8.34. The van der Waals surface area contributed by atoms with Crippen molar-refractivity contribution in [2.45, 2.75) is 32.6 Å². The minimum absolute atomic E-state index is 0.00716. The Kier molecular flexibility index (Phi) is 6.80. The molecule has 1 atom stereocenters. The summed E-state index contributed by atoms with van der Waals surface area (Å²) < 4.78 is 0. The second-order valence-electron chi connectivity index (χ2n) is 7.85. The molecule has 3 rings (SSSR count). The molecule has 0 saturated carbocycles. The number of aryl methyl sites for hydroxylation is 1. The first-order valence-corrected chi connectivity index (χ1v) is 10.5. The van der Waals surface area contributed by atoms with Crippen LogP contribution in [-0.2, 0) is 11.2 Å². The zero-order valence-corrected chi connectivity index (χ0v) is 17.5. The van der Waals surface area contributed by atoms with Crippen molar-refractivity contribution in [1.82, 2.24) is 4.90 Å². The molecule has 4 nitrogen and oxygen atoms in total. The quantitative estimate of drug-likeness (QED) is 0.677. The largest absolute Gasteiger partial charge is 0.481 e. The number of hydrogen-bond acceptors (Lipinski definition) is 3. The highest BCUT2D eigenvalue weighted by Gasteiger charge is 2.46. The molecule has 1 unspecified atom stereocenters. The van der Waals surface area contributed by atoms with Gasteiger partial charge in [-0.2, -0.15) is 0 Å². The highest BCUT2D eigenvalue weighted by Crippen LogP contribution is 2.39. The van der Waals surface area contributed by atoms with E-state index in [1.807, 2.05) is 65.6 Å². The molecule has 0 aliphatic carbocycles. The van der Waals surface area contributed by atoms with Gasteiger partial charge in [0.15, 0.2) is 0 Å². The standard InChI is InChI=1S/C24H27NO3S/c1-24(23(27)28,21(29)13-12-18-8-4-2-5-9-18)20-14-16-25(17-15-20)22(26)19-10-6-3-7-11-19/h2-11,20H,12-17H2,1H3,(H,27,28). The van der Waals surface area contributed by atoms with Crippen LogP contribution < -0.4 is 0 Å². The van der Waals surface area contributed by atoms with Crippen molar-refractivity contribution in [3.63, 3.8) is 0 Å². The summed E-state index contributed by atoms with van der Waals surface area (Å²) in [6.45, 7) is 2.88. The van der Waals surface area contributed by atoms with E-state index in [9.17, 15) is 14.7 Å². The zero-order chi connectivity index (χ0) is 20.9. The Bertz CT molecular complexity index is 860. The number of nitrogens with zero attached hydrogens (tertiary/aromatic N) is 1. The van der Waals surface area contributed by atoms with Gasteiger partial charge in [0.2, 0.25) is 0 Å². The molecule has 2 aromatic carbocycles. The summed E-state index contributed by atoms with van der Waals surface area (Å²) in [5.41, 5.74) is 0.780. The fourth-order valence-corrected chi connectivity index (χ4v) is 4.46. The van der Waals surface area contributed by atoms with E-state index in [0.717, 1.165) is 12.0 Å². The first-order chi connectivity index (χ1) is 13.9. The minimum atomic E-state index is -1.05. The van der Waals surface area contributed by atoms with E-state index < -0.39 is 11.4 Å². The molecule has 152 valence electrons. The number of carbonyl (C=O) groups is 2. The van der Waals surface area contributed by atoms with E-state index in [1.165, 1.54) is 0 Å². The Morgan fingerprint density at radius 2 is 1.59 bits per heavy atom. The van der Waals surface area contributed by atoms with Gasteiger partial charge in [0.1, 0.15) is 0 Å². The number of carboxylic acid groups (broad SMARTS) is 1. The van der Waals surface area contributed by atoms with Gasteiger partial charge in [-0.05, 0) is 56.2 Å². The van der Waals surface area contributed by atoms with Gasteiger partial charge < -0.3 is 10.0 Å². The predicted molar refractivity (Wildman–Crippen MR) is 118 cm³/mol. The number of aliphatic carboxylic acids is 1. The molecule has 1 aliphatic heterocycles. The molecule has 5 heteroatoms. The molecule has 1 N–H and O–H groups in total. The van der Waals surface area contributed by atoms with Crippen LogP contribution >= 0.6 is 12.2 Å².